The predicted octanol–water partition coefficient (Wildman–Crippen LogP) is 1.93. The Kier molecular flexibility index (Phi) is 3.79. The molecule has 0 saturated heterocycles. The summed E-state index contributed by atoms with van der Waals surface area (Å²) in [6, 6.07) is 6.11. The summed E-state index contributed by atoms with van der Waals surface area (Å²) in [4.78, 5) is 10.5. The molecule has 1 aromatic carbocycles. The fourth-order valence-electron chi connectivity index (χ4n) is 2.70. The van der Waals surface area contributed by atoms with E-state index in [1.54, 1.807) is 20.4 Å². The van der Waals surface area contributed by atoms with Crippen LogP contribution in [0.2, 0.25) is 0 Å². The fraction of sp³-hybridized carbons (Fsp3) is 0.312. The third-order valence-electron chi connectivity index (χ3n) is 3.80. The number of nitrogens with zero attached hydrogens (tertiary/aromatic N) is 4. The van der Waals surface area contributed by atoms with Crippen molar-refractivity contribution in [3.05, 3.63) is 41.3 Å². The topological polar surface area (TPSA) is 71.3 Å². The first-order chi connectivity index (χ1) is 10.8. The number of anilines is 1. The van der Waals surface area contributed by atoms with Crippen molar-refractivity contribution in [2.45, 2.75) is 13.0 Å². The number of benzene rings is 1. The standard InChI is InChI=1S/C16H16N4O2/c1-21-14-7-11-3-6-20(10-12(11)8-15(14)22-2)16-13(9-17)18-4-5-19-16/h4-5,7-8H,3,6,10H2,1-2H3. The Labute approximate surface area is 128 Å². The Morgan fingerprint density at radius 3 is 2.45 bits per heavy atom. The number of fused-ring (bicyclic) bond motifs is 1. The highest BCUT2D eigenvalue weighted by atomic mass is 16.5. The molecule has 0 saturated carbocycles. The summed E-state index contributed by atoms with van der Waals surface area (Å²) in [5.74, 6) is 2.08. The van der Waals surface area contributed by atoms with E-state index < -0.39 is 0 Å². The van der Waals surface area contributed by atoms with Gasteiger partial charge in [0, 0.05) is 25.5 Å². The second kappa shape index (κ2) is 5.90. The number of nitriles is 1. The van der Waals surface area contributed by atoms with Crippen LogP contribution < -0.4 is 14.4 Å². The fourth-order valence-corrected chi connectivity index (χ4v) is 2.70. The summed E-state index contributed by atoms with van der Waals surface area (Å²) >= 11 is 0. The number of aromatic nitrogens is 2. The van der Waals surface area contributed by atoms with Gasteiger partial charge in [-0.1, -0.05) is 0 Å². The molecule has 6 heteroatoms. The van der Waals surface area contributed by atoms with Crippen LogP contribution in [0.4, 0.5) is 5.82 Å². The molecule has 1 aromatic heterocycles. The Bertz CT molecular complexity index is 739. The predicted molar refractivity (Wildman–Crippen MR) is 81.0 cm³/mol. The number of hydrogen-bond donors (Lipinski definition) is 0. The van der Waals surface area contributed by atoms with Gasteiger partial charge in [0.2, 0.25) is 0 Å². The van der Waals surface area contributed by atoms with Crippen LogP contribution in [-0.4, -0.2) is 30.7 Å². The Balaban J connectivity index is 1.95. The average Bonchev–Trinajstić information content (AvgIpc) is 2.59. The monoisotopic (exact) mass is 296 g/mol. The van der Waals surface area contributed by atoms with Crippen molar-refractivity contribution >= 4 is 5.82 Å². The number of rotatable bonds is 3. The van der Waals surface area contributed by atoms with E-state index in [1.165, 1.54) is 11.8 Å². The summed E-state index contributed by atoms with van der Waals surface area (Å²) in [6.45, 7) is 1.46. The number of methoxy groups -OCH3 is 2. The maximum absolute atomic E-state index is 9.18. The molecule has 0 amide bonds. The Morgan fingerprint density at radius 1 is 1.09 bits per heavy atom. The van der Waals surface area contributed by atoms with Gasteiger partial charge in [0.25, 0.3) is 0 Å². The molecular formula is C16H16N4O2. The van der Waals surface area contributed by atoms with Gasteiger partial charge in [-0.2, -0.15) is 5.26 Å². The van der Waals surface area contributed by atoms with E-state index in [1.807, 2.05) is 12.1 Å². The van der Waals surface area contributed by atoms with Crippen molar-refractivity contribution in [1.82, 2.24) is 9.97 Å². The lowest BCUT2D eigenvalue weighted by atomic mass is 9.98. The number of ether oxygens (including phenoxy) is 2. The van der Waals surface area contributed by atoms with Crippen LogP contribution in [0.15, 0.2) is 24.5 Å². The lowest BCUT2D eigenvalue weighted by molar-refractivity contribution is 0.353. The smallest absolute Gasteiger partial charge is 0.183 e. The highest BCUT2D eigenvalue weighted by Crippen LogP contribution is 2.34. The zero-order valence-corrected chi connectivity index (χ0v) is 12.5. The Morgan fingerprint density at radius 2 is 1.77 bits per heavy atom. The molecule has 0 aliphatic carbocycles. The summed E-state index contributed by atoms with van der Waals surface area (Å²) in [5.41, 5.74) is 2.74. The van der Waals surface area contributed by atoms with Crippen molar-refractivity contribution in [2.24, 2.45) is 0 Å². The molecule has 3 rings (SSSR count). The molecule has 2 heterocycles. The average molecular weight is 296 g/mol. The number of hydrogen-bond acceptors (Lipinski definition) is 6. The molecule has 0 N–H and O–H groups in total. The minimum absolute atomic E-state index is 0.353. The molecule has 1 aliphatic heterocycles. The molecular weight excluding hydrogens is 280 g/mol. The second-order valence-electron chi connectivity index (χ2n) is 4.99. The summed E-state index contributed by atoms with van der Waals surface area (Å²) in [7, 11) is 3.26. The van der Waals surface area contributed by atoms with Crippen molar-refractivity contribution in [3.8, 4) is 17.6 Å². The molecule has 0 atom stereocenters. The SMILES string of the molecule is COc1cc2c(cc1OC)CN(c1nccnc1C#N)CC2. The van der Waals surface area contributed by atoms with Gasteiger partial charge in [-0.25, -0.2) is 9.97 Å². The molecule has 0 radical (unpaired) electrons. The maximum Gasteiger partial charge on any atom is 0.183 e. The van der Waals surface area contributed by atoms with E-state index in [2.05, 4.69) is 20.9 Å². The highest BCUT2D eigenvalue weighted by molar-refractivity contribution is 5.54. The summed E-state index contributed by atoms with van der Waals surface area (Å²) in [5, 5.41) is 9.18. The molecule has 1 aliphatic rings. The first-order valence-corrected chi connectivity index (χ1v) is 6.96. The van der Waals surface area contributed by atoms with E-state index in [9.17, 15) is 5.26 Å². The molecule has 6 nitrogen and oxygen atoms in total. The first kappa shape index (κ1) is 14.1. The highest BCUT2D eigenvalue weighted by Gasteiger charge is 2.22. The van der Waals surface area contributed by atoms with Crippen LogP contribution in [0.3, 0.4) is 0 Å². The van der Waals surface area contributed by atoms with Gasteiger partial charge in [0.15, 0.2) is 23.0 Å². The minimum Gasteiger partial charge on any atom is -0.493 e. The molecule has 112 valence electrons. The molecule has 0 unspecified atom stereocenters. The largest absolute Gasteiger partial charge is 0.493 e. The zero-order valence-electron chi connectivity index (χ0n) is 12.5. The van der Waals surface area contributed by atoms with E-state index >= 15 is 0 Å². The van der Waals surface area contributed by atoms with E-state index in [-0.39, 0.29) is 0 Å². The van der Waals surface area contributed by atoms with Gasteiger partial charge in [0.1, 0.15) is 6.07 Å². The van der Waals surface area contributed by atoms with Gasteiger partial charge in [-0.3, -0.25) is 0 Å². The van der Waals surface area contributed by atoms with E-state index in [0.29, 0.717) is 23.8 Å². The normalized spacial score (nSPS) is 13.2. The molecule has 0 bridgehead atoms. The van der Waals surface area contributed by atoms with Crippen LogP contribution in [0.25, 0.3) is 0 Å². The van der Waals surface area contributed by atoms with Gasteiger partial charge in [-0.15, -0.1) is 0 Å². The molecule has 0 fully saturated rings. The molecule has 22 heavy (non-hydrogen) atoms. The quantitative estimate of drug-likeness (QED) is 0.862. The van der Waals surface area contributed by atoms with Crippen LogP contribution >= 0.6 is 0 Å². The van der Waals surface area contributed by atoms with Crippen LogP contribution in [0.1, 0.15) is 16.8 Å². The van der Waals surface area contributed by atoms with Crippen molar-refractivity contribution in [2.75, 3.05) is 25.7 Å². The lowest BCUT2D eigenvalue weighted by Crippen LogP contribution is -2.31. The Hall–Kier alpha value is -2.81. The third kappa shape index (κ3) is 2.42. The van der Waals surface area contributed by atoms with Crippen LogP contribution in [0, 0.1) is 11.3 Å². The van der Waals surface area contributed by atoms with Gasteiger partial charge in [-0.05, 0) is 29.7 Å². The summed E-state index contributed by atoms with van der Waals surface area (Å²) in [6.07, 6.45) is 4.01. The molecule has 0 spiro atoms. The van der Waals surface area contributed by atoms with Gasteiger partial charge in [0.05, 0.1) is 14.2 Å². The zero-order chi connectivity index (χ0) is 15.5. The van der Waals surface area contributed by atoms with Crippen molar-refractivity contribution in [3.63, 3.8) is 0 Å². The maximum atomic E-state index is 9.18. The second-order valence-corrected chi connectivity index (χ2v) is 4.99. The van der Waals surface area contributed by atoms with Crippen molar-refractivity contribution in [1.29, 1.82) is 5.26 Å². The minimum atomic E-state index is 0.353. The molecule has 2 aromatic rings. The first-order valence-electron chi connectivity index (χ1n) is 6.96. The van der Waals surface area contributed by atoms with E-state index in [0.717, 1.165) is 24.3 Å². The third-order valence-corrected chi connectivity index (χ3v) is 3.80. The van der Waals surface area contributed by atoms with Crippen molar-refractivity contribution < 1.29 is 9.47 Å². The lowest BCUT2D eigenvalue weighted by Gasteiger charge is -2.30. The summed E-state index contributed by atoms with van der Waals surface area (Å²) < 4.78 is 10.7. The van der Waals surface area contributed by atoms with Crippen LogP contribution in [-0.2, 0) is 13.0 Å². The van der Waals surface area contributed by atoms with Gasteiger partial charge < -0.3 is 14.4 Å². The van der Waals surface area contributed by atoms with E-state index in [4.69, 9.17) is 9.47 Å². The van der Waals surface area contributed by atoms with Gasteiger partial charge >= 0.3 is 0 Å². The van der Waals surface area contributed by atoms with Crippen LogP contribution in [0.5, 0.6) is 11.5 Å².